The standard InChI is InChI=1S/C24H39NO/c1-17(2)7-5-8-18(3)21-14-15-22-23(9-6-16-24(21,22)4)25-19-10-12-20(26)13-11-19/h10-13,17-18,21-23,25-26H,5-9,14-16H2,1-4H3/t18-,21-,22+,23+,24-/m1/s1. The monoisotopic (exact) mass is 357 g/mol. The molecule has 2 nitrogen and oxygen atoms in total. The number of phenolic OH excluding ortho intramolecular Hbond substituents is 1. The van der Waals surface area contributed by atoms with Crippen molar-refractivity contribution in [1.29, 1.82) is 0 Å². The number of phenols is 1. The summed E-state index contributed by atoms with van der Waals surface area (Å²) in [7, 11) is 0. The molecule has 5 atom stereocenters. The second kappa shape index (κ2) is 8.23. The molecule has 2 aliphatic carbocycles. The van der Waals surface area contributed by atoms with E-state index in [1.54, 1.807) is 12.1 Å². The van der Waals surface area contributed by atoms with Gasteiger partial charge in [0.15, 0.2) is 0 Å². The maximum Gasteiger partial charge on any atom is 0.115 e. The molecule has 0 bridgehead atoms. The molecule has 0 radical (unpaired) electrons. The fraction of sp³-hybridized carbons (Fsp3) is 0.750. The second-order valence-corrected chi connectivity index (χ2v) is 9.79. The lowest BCUT2D eigenvalue weighted by atomic mass is 9.60. The van der Waals surface area contributed by atoms with Crippen LogP contribution in [-0.4, -0.2) is 11.1 Å². The normalized spacial score (nSPS) is 32.4. The molecule has 2 aliphatic rings. The van der Waals surface area contributed by atoms with Crippen LogP contribution in [0, 0.1) is 29.1 Å². The number of benzene rings is 1. The van der Waals surface area contributed by atoms with E-state index in [1.807, 2.05) is 12.1 Å². The van der Waals surface area contributed by atoms with Crippen molar-refractivity contribution in [1.82, 2.24) is 0 Å². The van der Waals surface area contributed by atoms with E-state index in [4.69, 9.17) is 0 Å². The third-order valence-electron chi connectivity index (χ3n) is 7.55. The summed E-state index contributed by atoms with van der Waals surface area (Å²) in [6.07, 6.45) is 11.0. The first kappa shape index (κ1) is 19.6. The number of fused-ring (bicyclic) bond motifs is 1. The minimum Gasteiger partial charge on any atom is -0.508 e. The van der Waals surface area contributed by atoms with E-state index in [9.17, 15) is 5.11 Å². The van der Waals surface area contributed by atoms with E-state index in [1.165, 1.54) is 51.4 Å². The van der Waals surface area contributed by atoms with Gasteiger partial charge >= 0.3 is 0 Å². The second-order valence-electron chi connectivity index (χ2n) is 9.79. The summed E-state index contributed by atoms with van der Waals surface area (Å²) < 4.78 is 0. The van der Waals surface area contributed by atoms with Crippen LogP contribution in [0.4, 0.5) is 5.69 Å². The molecule has 1 aromatic carbocycles. The van der Waals surface area contributed by atoms with Gasteiger partial charge in [0.25, 0.3) is 0 Å². The Morgan fingerprint density at radius 1 is 1.08 bits per heavy atom. The van der Waals surface area contributed by atoms with Crippen molar-refractivity contribution in [3.05, 3.63) is 24.3 Å². The highest BCUT2D eigenvalue weighted by Crippen LogP contribution is 2.58. The van der Waals surface area contributed by atoms with Crippen LogP contribution >= 0.6 is 0 Å². The lowest BCUT2D eigenvalue weighted by Crippen LogP contribution is -2.44. The van der Waals surface area contributed by atoms with Gasteiger partial charge in [0.05, 0.1) is 0 Å². The molecule has 3 rings (SSSR count). The minimum atomic E-state index is 0.347. The number of anilines is 1. The van der Waals surface area contributed by atoms with Crippen LogP contribution < -0.4 is 5.32 Å². The summed E-state index contributed by atoms with van der Waals surface area (Å²) in [5.74, 6) is 3.73. The fourth-order valence-corrected chi connectivity index (χ4v) is 6.16. The zero-order valence-electron chi connectivity index (χ0n) is 17.3. The third kappa shape index (κ3) is 4.21. The molecule has 146 valence electrons. The van der Waals surface area contributed by atoms with Gasteiger partial charge in [-0.05, 0) is 79.0 Å². The number of aromatic hydroxyl groups is 1. The van der Waals surface area contributed by atoms with Gasteiger partial charge in [-0.15, -0.1) is 0 Å². The van der Waals surface area contributed by atoms with Gasteiger partial charge in [-0.1, -0.05) is 53.4 Å². The van der Waals surface area contributed by atoms with Crippen molar-refractivity contribution in [2.45, 2.75) is 85.1 Å². The SMILES string of the molecule is CC(C)CCC[C@@H](C)[C@H]1CC[C@H]2[C@@H](Nc3ccc(O)cc3)CCC[C@]12C. The minimum absolute atomic E-state index is 0.347. The lowest BCUT2D eigenvalue weighted by molar-refractivity contribution is 0.0584. The van der Waals surface area contributed by atoms with E-state index in [0.717, 1.165) is 29.4 Å². The predicted molar refractivity (Wildman–Crippen MR) is 112 cm³/mol. The lowest BCUT2D eigenvalue weighted by Gasteiger charge is -2.47. The molecule has 0 aromatic heterocycles. The Labute approximate surface area is 160 Å². The van der Waals surface area contributed by atoms with Gasteiger partial charge in [0, 0.05) is 11.7 Å². The number of nitrogens with one attached hydrogen (secondary N) is 1. The van der Waals surface area contributed by atoms with Crippen molar-refractivity contribution in [3.8, 4) is 5.75 Å². The highest BCUT2D eigenvalue weighted by atomic mass is 16.3. The molecule has 0 spiro atoms. The van der Waals surface area contributed by atoms with Crippen molar-refractivity contribution in [2.75, 3.05) is 5.32 Å². The first-order chi connectivity index (χ1) is 12.4. The summed E-state index contributed by atoms with van der Waals surface area (Å²) in [6.45, 7) is 9.81. The van der Waals surface area contributed by atoms with Gasteiger partial charge in [0.2, 0.25) is 0 Å². The molecule has 0 amide bonds. The molecule has 26 heavy (non-hydrogen) atoms. The first-order valence-corrected chi connectivity index (χ1v) is 11.0. The summed E-state index contributed by atoms with van der Waals surface area (Å²) in [5.41, 5.74) is 1.66. The highest BCUT2D eigenvalue weighted by Gasteiger charge is 2.52. The van der Waals surface area contributed by atoms with Crippen LogP contribution in [-0.2, 0) is 0 Å². The summed E-state index contributed by atoms with van der Waals surface area (Å²) in [4.78, 5) is 0. The summed E-state index contributed by atoms with van der Waals surface area (Å²) >= 11 is 0. The van der Waals surface area contributed by atoms with Crippen LogP contribution in [0.1, 0.15) is 79.1 Å². The van der Waals surface area contributed by atoms with E-state index in [2.05, 4.69) is 33.0 Å². The average Bonchev–Trinajstić information content (AvgIpc) is 2.94. The molecule has 1 aromatic rings. The Morgan fingerprint density at radius 2 is 1.81 bits per heavy atom. The Bertz CT molecular complexity index is 566. The summed E-state index contributed by atoms with van der Waals surface area (Å²) in [5, 5.41) is 13.3. The maximum atomic E-state index is 9.53. The fourth-order valence-electron chi connectivity index (χ4n) is 6.16. The Kier molecular flexibility index (Phi) is 6.20. The van der Waals surface area contributed by atoms with Gasteiger partial charge in [0.1, 0.15) is 5.75 Å². The zero-order chi connectivity index (χ0) is 18.7. The van der Waals surface area contributed by atoms with Crippen molar-refractivity contribution in [2.24, 2.45) is 29.1 Å². The van der Waals surface area contributed by atoms with Crippen molar-refractivity contribution >= 4 is 5.69 Å². The van der Waals surface area contributed by atoms with Crippen LogP contribution in [0.3, 0.4) is 0 Å². The van der Waals surface area contributed by atoms with Gasteiger partial charge in [-0.3, -0.25) is 0 Å². The topological polar surface area (TPSA) is 32.3 Å². The van der Waals surface area contributed by atoms with Gasteiger partial charge in [-0.2, -0.15) is 0 Å². The predicted octanol–water partition coefficient (Wildman–Crippen LogP) is 6.85. The van der Waals surface area contributed by atoms with E-state index < -0.39 is 0 Å². The molecular weight excluding hydrogens is 318 g/mol. The molecular formula is C24H39NO. The molecule has 2 fully saturated rings. The van der Waals surface area contributed by atoms with Crippen LogP contribution in [0.25, 0.3) is 0 Å². The first-order valence-electron chi connectivity index (χ1n) is 11.0. The molecule has 2 saturated carbocycles. The average molecular weight is 358 g/mol. The van der Waals surface area contributed by atoms with Crippen LogP contribution in [0.15, 0.2) is 24.3 Å². The molecule has 0 unspecified atom stereocenters. The van der Waals surface area contributed by atoms with Crippen molar-refractivity contribution in [3.63, 3.8) is 0 Å². The Morgan fingerprint density at radius 3 is 2.50 bits per heavy atom. The van der Waals surface area contributed by atoms with Gasteiger partial charge < -0.3 is 10.4 Å². The van der Waals surface area contributed by atoms with E-state index in [0.29, 0.717) is 17.2 Å². The molecule has 2 N–H and O–H groups in total. The molecule has 0 heterocycles. The molecule has 2 heteroatoms. The van der Waals surface area contributed by atoms with Crippen molar-refractivity contribution < 1.29 is 5.11 Å². The largest absolute Gasteiger partial charge is 0.508 e. The maximum absolute atomic E-state index is 9.53. The molecule has 0 saturated heterocycles. The number of rotatable bonds is 7. The smallest absolute Gasteiger partial charge is 0.115 e. The third-order valence-corrected chi connectivity index (χ3v) is 7.55. The molecule has 0 aliphatic heterocycles. The zero-order valence-corrected chi connectivity index (χ0v) is 17.3. The number of hydrogen-bond acceptors (Lipinski definition) is 2. The van der Waals surface area contributed by atoms with Crippen LogP contribution in [0.2, 0.25) is 0 Å². The number of hydrogen-bond donors (Lipinski definition) is 2. The van der Waals surface area contributed by atoms with Gasteiger partial charge in [-0.25, -0.2) is 0 Å². The van der Waals surface area contributed by atoms with E-state index >= 15 is 0 Å². The summed E-state index contributed by atoms with van der Waals surface area (Å²) in [6, 6.07) is 8.20. The Balaban J connectivity index is 1.64. The van der Waals surface area contributed by atoms with E-state index in [-0.39, 0.29) is 0 Å². The highest BCUT2D eigenvalue weighted by molar-refractivity contribution is 5.47. The Hall–Kier alpha value is -1.18. The van der Waals surface area contributed by atoms with Crippen LogP contribution in [0.5, 0.6) is 5.75 Å². The quantitative estimate of drug-likeness (QED) is 0.523.